The number of nitrogens with zero attached hydrogens (tertiary/aromatic N) is 2. The second kappa shape index (κ2) is 10.1. The van der Waals surface area contributed by atoms with Crippen LogP contribution in [0.1, 0.15) is 30.3 Å². The topological polar surface area (TPSA) is 49.9 Å². The average Bonchev–Trinajstić information content (AvgIpc) is 3.21. The molecule has 1 unspecified atom stereocenters. The molecule has 2 amide bonds. The summed E-state index contributed by atoms with van der Waals surface area (Å²) < 4.78 is 6.00. The number of thiophene rings is 1. The Morgan fingerprint density at radius 2 is 2.07 bits per heavy atom. The molecule has 0 bridgehead atoms. The summed E-state index contributed by atoms with van der Waals surface area (Å²) in [6.07, 6.45) is 2.47. The second-order valence-electron chi connectivity index (χ2n) is 7.58. The largest absolute Gasteiger partial charge is 0.491 e. The van der Waals surface area contributed by atoms with E-state index in [1.165, 1.54) is 4.88 Å². The van der Waals surface area contributed by atoms with E-state index in [9.17, 15) is 9.59 Å². The van der Waals surface area contributed by atoms with Crippen LogP contribution < -0.4 is 4.74 Å². The van der Waals surface area contributed by atoms with Gasteiger partial charge in [0.15, 0.2) is 0 Å². The molecule has 30 heavy (non-hydrogen) atoms. The first-order chi connectivity index (χ1) is 14.4. The zero-order valence-corrected chi connectivity index (χ0v) is 18.9. The Bertz CT molecular complexity index is 894. The highest BCUT2D eigenvalue weighted by Gasteiger charge is 2.33. The molecule has 3 rings (SSSR count). The van der Waals surface area contributed by atoms with Crippen molar-refractivity contribution in [2.45, 2.75) is 26.3 Å². The van der Waals surface area contributed by atoms with E-state index in [4.69, 9.17) is 16.3 Å². The molecule has 0 radical (unpaired) electrons. The van der Waals surface area contributed by atoms with E-state index in [1.807, 2.05) is 30.9 Å². The zero-order chi connectivity index (χ0) is 21.7. The van der Waals surface area contributed by atoms with E-state index in [1.54, 1.807) is 34.4 Å². The standard InChI is InChI=1S/C23H27ClN2O3S/c1-4-11-25(23(28)16(2)3)14-22(27)26-12-9-21-19(10-13-30-21)20(26)15-29-18-7-5-17(24)6-8-18/h4-8,10,13,16,20H,1,9,11-12,14-15H2,2-3H3. The normalized spacial score (nSPS) is 15.6. The van der Waals surface area contributed by atoms with Crippen LogP contribution in [0.15, 0.2) is 48.4 Å². The number of fused-ring (bicyclic) bond motifs is 1. The molecule has 1 aromatic carbocycles. The Morgan fingerprint density at radius 1 is 1.33 bits per heavy atom. The Balaban J connectivity index is 1.77. The van der Waals surface area contributed by atoms with E-state index in [0.29, 0.717) is 30.5 Å². The Hall–Kier alpha value is -2.31. The second-order valence-corrected chi connectivity index (χ2v) is 9.02. The molecule has 1 aromatic heterocycles. The van der Waals surface area contributed by atoms with Crippen molar-refractivity contribution in [3.05, 3.63) is 63.8 Å². The number of benzene rings is 1. The van der Waals surface area contributed by atoms with Gasteiger partial charge in [-0.3, -0.25) is 9.59 Å². The number of hydrogen-bond acceptors (Lipinski definition) is 4. The number of rotatable bonds is 8. The van der Waals surface area contributed by atoms with Gasteiger partial charge in [0.1, 0.15) is 18.9 Å². The van der Waals surface area contributed by atoms with Crippen LogP contribution >= 0.6 is 22.9 Å². The summed E-state index contributed by atoms with van der Waals surface area (Å²) in [4.78, 5) is 30.4. The molecule has 1 aliphatic rings. The summed E-state index contributed by atoms with van der Waals surface area (Å²) in [5.41, 5.74) is 1.12. The van der Waals surface area contributed by atoms with E-state index >= 15 is 0 Å². The molecule has 2 heterocycles. The summed E-state index contributed by atoms with van der Waals surface area (Å²) in [6, 6.07) is 9.07. The van der Waals surface area contributed by atoms with Crippen molar-refractivity contribution in [2.75, 3.05) is 26.2 Å². The Kier molecular flexibility index (Phi) is 7.56. The van der Waals surface area contributed by atoms with Gasteiger partial charge in [-0.05, 0) is 47.7 Å². The van der Waals surface area contributed by atoms with Gasteiger partial charge >= 0.3 is 0 Å². The van der Waals surface area contributed by atoms with Crippen LogP contribution in [0.3, 0.4) is 0 Å². The molecule has 1 aliphatic heterocycles. The molecule has 0 saturated heterocycles. The monoisotopic (exact) mass is 446 g/mol. The van der Waals surface area contributed by atoms with Crippen molar-refractivity contribution in [1.29, 1.82) is 0 Å². The summed E-state index contributed by atoms with van der Waals surface area (Å²) in [7, 11) is 0. The molecule has 160 valence electrons. The van der Waals surface area contributed by atoms with Gasteiger partial charge in [-0.1, -0.05) is 31.5 Å². The van der Waals surface area contributed by atoms with E-state index in [-0.39, 0.29) is 30.3 Å². The highest BCUT2D eigenvalue weighted by molar-refractivity contribution is 7.10. The molecule has 0 spiro atoms. The van der Waals surface area contributed by atoms with Crippen molar-refractivity contribution in [3.63, 3.8) is 0 Å². The molecule has 5 nitrogen and oxygen atoms in total. The maximum Gasteiger partial charge on any atom is 0.242 e. The number of carbonyl (C=O) groups is 2. The van der Waals surface area contributed by atoms with Crippen molar-refractivity contribution in [3.8, 4) is 5.75 Å². The van der Waals surface area contributed by atoms with E-state index in [0.717, 1.165) is 12.0 Å². The highest BCUT2D eigenvalue weighted by atomic mass is 35.5. The van der Waals surface area contributed by atoms with E-state index in [2.05, 4.69) is 18.0 Å². The van der Waals surface area contributed by atoms with Gasteiger partial charge in [0.25, 0.3) is 0 Å². The predicted molar refractivity (Wildman–Crippen MR) is 121 cm³/mol. The number of halogens is 1. The minimum atomic E-state index is -0.192. The van der Waals surface area contributed by atoms with Crippen LogP contribution in [-0.2, 0) is 16.0 Å². The zero-order valence-electron chi connectivity index (χ0n) is 17.3. The summed E-state index contributed by atoms with van der Waals surface area (Å²) in [5.74, 6) is 0.405. The summed E-state index contributed by atoms with van der Waals surface area (Å²) >= 11 is 7.66. The lowest BCUT2D eigenvalue weighted by molar-refractivity contribution is -0.143. The number of hydrogen-bond donors (Lipinski definition) is 0. The van der Waals surface area contributed by atoms with Crippen molar-refractivity contribution < 1.29 is 14.3 Å². The highest BCUT2D eigenvalue weighted by Crippen LogP contribution is 2.34. The summed E-state index contributed by atoms with van der Waals surface area (Å²) in [6.45, 7) is 8.75. The van der Waals surface area contributed by atoms with Crippen LogP contribution in [0, 0.1) is 5.92 Å². The Morgan fingerprint density at radius 3 is 2.73 bits per heavy atom. The fourth-order valence-corrected chi connectivity index (χ4v) is 4.64. The third-order valence-corrected chi connectivity index (χ3v) is 6.37. The van der Waals surface area contributed by atoms with Gasteiger partial charge in [-0.25, -0.2) is 0 Å². The minimum absolute atomic E-state index is 0.0416. The lowest BCUT2D eigenvalue weighted by Crippen LogP contribution is -2.48. The van der Waals surface area contributed by atoms with E-state index < -0.39 is 0 Å². The molecule has 7 heteroatoms. The number of ether oxygens (including phenoxy) is 1. The van der Waals surface area contributed by atoms with Crippen LogP contribution in [0.5, 0.6) is 5.75 Å². The molecule has 0 N–H and O–H groups in total. The fourth-order valence-electron chi connectivity index (χ4n) is 3.59. The minimum Gasteiger partial charge on any atom is -0.491 e. The lowest BCUT2D eigenvalue weighted by atomic mass is 10.0. The summed E-state index contributed by atoms with van der Waals surface area (Å²) in [5, 5.41) is 2.70. The predicted octanol–water partition coefficient (Wildman–Crippen LogP) is 4.58. The molecular weight excluding hydrogens is 420 g/mol. The van der Waals surface area contributed by atoms with Gasteiger partial charge in [0.2, 0.25) is 11.8 Å². The maximum atomic E-state index is 13.2. The van der Waals surface area contributed by atoms with Gasteiger partial charge in [0.05, 0.1) is 6.04 Å². The third kappa shape index (κ3) is 5.24. The van der Waals surface area contributed by atoms with Crippen molar-refractivity contribution in [1.82, 2.24) is 9.80 Å². The average molecular weight is 447 g/mol. The fraction of sp³-hybridized carbons (Fsp3) is 0.391. The lowest BCUT2D eigenvalue weighted by Gasteiger charge is -2.37. The smallest absolute Gasteiger partial charge is 0.242 e. The van der Waals surface area contributed by atoms with Crippen LogP contribution in [-0.4, -0.2) is 47.9 Å². The first-order valence-electron chi connectivity index (χ1n) is 10.0. The van der Waals surface area contributed by atoms with Crippen molar-refractivity contribution in [2.24, 2.45) is 5.92 Å². The molecule has 2 aromatic rings. The molecule has 1 atom stereocenters. The first-order valence-corrected chi connectivity index (χ1v) is 11.3. The van der Waals surface area contributed by atoms with Crippen LogP contribution in [0.4, 0.5) is 0 Å². The molecule has 0 aliphatic carbocycles. The Labute approximate surface area is 186 Å². The maximum absolute atomic E-state index is 13.2. The van der Waals surface area contributed by atoms with Crippen LogP contribution in [0.25, 0.3) is 0 Å². The van der Waals surface area contributed by atoms with Crippen LogP contribution in [0.2, 0.25) is 5.02 Å². The van der Waals surface area contributed by atoms with Gasteiger partial charge in [0, 0.05) is 28.9 Å². The third-order valence-electron chi connectivity index (χ3n) is 5.12. The quantitative estimate of drug-likeness (QED) is 0.558. The molecule has 0 saturated carbocycles. The molecular formula is C23H27ClN2O3S. The number of carbonyl (C=O) groups excluding carboxylic acids is 2. The number of amides is 2. The van der Waals surface area contributed by atoms with Gasteiger partial charge in [-0.15, -0.1) is 17.9 Å². The van der Waals surface area contributed by atoms with Gasteiger partial charge < -0.3 is 14.5 Å². The first kappa shape index (κ1) is 22.4. The molecule has 0 fully saturated rings. The van der Waals surface area contributed by atoms with Crippen molar-refractivity contribution >= 4 is 34.8 Å². The van der Waals surface area contributed by atoms with Gasteiger partial charge in [-0.2, -0.15) is 0 Å². The SMILES string of the molecule is C=CCN(CC(=O)N1CCc2sccc2C1COc1ccc(Cl)cc1)C(=O)C(C)C.